The Morgan fingerprint density at radius 3 is 2.70 bits per heavy atom. The molecule has 0 aliphatic rings. The molecule has 1 unspecified atom stereocenters. The Hall–Kier alpha value is -2.10. The third-order valence-electron chi connectivity index (χ3n) is 3.10. The Labute approximate surface area is 119 Å². The van der Waals surface area contributed by atoms with Crippen LogP contribution >= 0.6 is 0 Å². The number of nitrogens with zero attached hydrogens (tertiary/aromatic N) is 1. The van der Waals surface area contributed by atoms with Gasteiger partial charge in [0.2, 0.25) is 5.91 Å². The zero-order valence-corrected chi connectivity index (χ0v) is 12.2. The summed E-state index contributed by atoms with van der Waals surface area (Å²) in [6, 6.07) is 9.65. The Balaban J connectivity index is 2.10. The van der Waals surface area contributed by atoms with Gasteiger partial charge in [0, 0.05) is 18.1 Å². The molecule has 0 aliphatic carbocycles. The lowest BCUT2D eigenvalue weighted by Crippen LogP contribution is -2.39. The average Bonchev–Trinajstić information content (AvgIpc) is 2.45. The molecule has 1 atom stereocenters. The molecule has 0 radical (unpaired) electrons. The Bertz CT molecular complexity index is 590. The van der Waals surface area contributed by atoms with Crippen LogP contribution in [0, 0.1) is 5.92 Å². The van der Waals surface area contributed by atoms with Gasteiger partial charge in [0.25, 0.3) is 0 Å². The van der Waals surface area contributed by atoms with E-state index in [9.17, 15) is 4.79 Å². The van der Waals surface area contributed by atoms with Crippen molar-refractivity contribution in [1.82, 2.24) is 10.3 Å². The van der Waals surface area contributed by atoms with Gasteiger partial charge in [0.15, 0.2) is 0 Å². The van der Waals surface area contributed by atoms with Crippen molar-refractivity contribution in [3.8, 4) is 0 Å². The lowest BCUT2D eigenvalue weighted by molar-refractivity contribution is -0.121. The van der Waals surface area contributed by atoms with E-state index < -0.39 is 0 Å². The predicted octanol–water partition coefficient (Wildman–Crippen LogP) is 2.81. The molecule has 0 saturated carbocycles. The summed E-state index contributed by atoms with van der Waals surface area (Å²) in [5.41, 5.74) is 0. The second kappa shape index (κ2) is 6.37. The molecule has 0 bridgehead atoms. The summed E-state index contributed by atoms with van der Waals surface area (Å²) >= 11 is 0. The number of rotatable bonds is 5. The fraction of sp³-hybridized carbons (Fsp3) is 0.375. The number of anilines is 1. The zero-order valence-electron chi connectivity index (χ0n) is 12.2. The molecule has 2 aromatic rings. The maximum absolute atomic E-state index is 12.0. The van der Waals surface area contributed by atoms with Gasteiger partial charge in [-0.05, 0) is 24.3 Å². The van der Waals surface area contributed by atoms with Gasteiger partial charge < -0.3 is 10.6 Å². The summed E-state index contributed by atoms with van der Waals surface area (Å²) in [4.78, 5) is 16.3. The van der Waals surface area contributed by atoms with Crippen molar-refractivity contribution in [1.29, 1.82) is 0 Å². The second-order valence-corrected chi connectivity index (χ2v) is 5.39. The lowest BCUT2D eigenvalue weighted by Gasteiger charge is -2.16. The van der Waals surface area contributed by atoms with Crippen LogP contribution < -0.4 is 10.6 Å². The summed E-state index contributed by atoms with van der Waals surface area (Å²) in [6.45, 7) is 6.68. The van der Waals surface area contributed by atoms with Crippen LogP contribution in [0.25, 0.3) is 10.8 Å². The molecular formula is C16H21N3O. The summed E-state index contributed by atoms with van der Waals surface area (Å²) in [5, 5.41) is 8.24. The minimum atomic E-state index is -0.313. The van der Waals surface area contributed by atoms with Crippen LogP contribution in [0.4, 0.5) is 5.82 Å². The Morgan fingerprint density at radius 2 is 1.95 bits per heavy atom. The molecular weight excluding hydrogens is 250 g/mol. The largest absolute Gasteiger partial charge is 0.358 e. The van der Waals surface area contributed by atoms with Crippen LogP contribution in [0.2, 0.25) is 0 Å². The highest BCUT2D eigenvalue weighted by molar-refractivity contribution is 5.93. The molecule has 0 aliphatic heterocycles. The summed E-state index contributed by atoms with van der Waals surface area (Å²) in [7, 11) is 0. The topological polar surface area (TPSA) is 54.0 Å². The van der Waals surface area contributed by atoms with Gasteiger partial charge >= 0.3 is 0 Å². The van der Waals surface area contributed by atoms with Crippen LogP contribution in [0.5, 0.6) is 0 Å². The summed E-state index contributed by atoms with van der Waals surface area (Å²) in [6.07, 6.45) is 1.75. The molecule has 2 N–H and O–H groups in total. The molecule has 2 rings (SSSR count). The van der Waals surface area contributed by atoms with Gasteiger partial charge in [-0.15, -0.1) is 0 Å². The van der Waals surface area contributed by atoms with Crippen LogP contribution in [0.1, 0.15) is 20.8 Å². The third kappa shape index (κ3) is 3.47. The SMILES string of the molecule is CC(C)CNC(=O)C(C)Nc1nccc2ccccc12. The van der Waals surface area contributed by atoms with Crippen molar-refractivity contribution in [2.24, 2.45) is 5.92 Å². The van der Waals surface area contributed by atoms with E-state index in [1.807, 2.05) is 37.3 Å². The average molecular weight is 271 g/mol. The van der Waals surface area contributed by atoms with E-state index in [2.05, 4.69) is 29.5 Å². The molecule has 1 aromatic carbocycles. The highest BCUT2D eigenvalue weighted by atomic mass is 16.2. The number of hydrogen-bond donors (Lipinski definition) is 2. The molecule has 0 spiro atoms. The fourth-order valence-corrected chi connectivity index (χ4v) is 1.96. The molecule has 4 heteroatoms. The van der Waals surface area contributed by atoms with E-state index in [0.29, 0.717) is 12.5 Å². The second-order valence-electron chi connectivity index (χ2n) is 5.39. The van der Waals surface area contributed by atoms with E-state index in [0.717, 1.165) is 16.6 Å². The van der Waals surface area contributed by atoms with E-state index in [-0.39, 0.29) is 11.9 Å². The maximum atomic E-state index is 12.0. The number of pyridine rings is 1. The number of benzene rings is 1. The van der Waals surface area contributed by atoms with Crippen LogP contribution in [-0.4, -0.2) is 23.5 Å². The summed E-state index contributed by atoms with van der Waals surface area (Å²) in [5.74, 6) is 1.19. The highest BCUT2D eigenvalue weighted by Gasteiger charge is 2.14. The zero-order chi connectivity index (χ0) is 14.5. The van der Waals surface area contributed by atoms with E-state index >= 15 is 0 Å². The quantitative estimate of drug-likeness (QED) is 0.879. The summed E-state index contributed by atoms with van der Waals surface area (Å²) < 4.78 is 0. The fourth-order valence-electron chi connectivity index (χ4n) is 1.96. The van der Waals surface area contributed by atoms with Crippen molar-refractivity contribution in [2.75, 3.05) is 11.9 Å². The Kier molecular flexibility index (Phi) is 4.56. The van der Waals surface area contributed by atoms with Crippen LogP contribution in [-0.2, 0) is 4.79 Å². The predicted molar refractivity (Wildman–Crippen MR) is 82.7 cm³/mol. The minimum Gasteiger partial charge on any atom is -0.358 e. The van der Waals surface area contributed by atoms with Gasteiger partial charge in [-0.2, -0.15) is 0 Å². The molecule has 0 fully saturated rings. The molecule has 1 heterocycles. The first-order chi connectivity index (χ1) is 9.58. The van der Waals surface area contributed by atoms with E-state index in [1.54, 1.807) is 6.20 Å². The van der Waals surface area contributed by atoms with E-state index in [4.69, 9.17) is 0 Å². The standard InChI is InChI=1S/C16H21N3O/c1-11(2)10-18-16(20)12(3)19-15-14-7-5-4-6-13(14)8-9-17-15/h4-9,11-12H,10H2,1-3H3,(H,17,19)(H,18,20). The first-order valence-electron chi connectivity index (χ1n) is 6.96. The number of amides is 1. The van der Waals surface area contributed by atoms with Gasteiger partial charge in [-0.1, -0.05) is 38.1 Å². The minimum absolute atomic E-state index is 0.00608. The van der Waals surface area contributed by atoms with E-state index in [1.165, 1.54) is 0 Å². The van der Waals surface area contributed by atoms with Crippen molar-refractivity contribution in [3.63, 3.8) is 0 Å². The molecule has 106 valence electrons. The number of nitrogens with one attached hydrogen (secondary N) is 2. The molecule has 1 aromatic heterocycles. The maximum Gasteiger partial charge on any atom is 0.242 e. The van der Waals surface area contributed by atoms with Crippen LogP contribution in [0.3, 0.4) is 0 Å². The normalized spacial score (nSPS) is 12.4. The first kappa shape index (κ1) is 14.3. The van der Waals surface area contributed by atoms with Crippen molar-refractivity contribution >= 4 is 22.5 Å². The molecule has 0 saturated heterocycles. The monoisotopic (exact) mass is 271 g/mol. The van der Waals surface area contributed by atoms with Gasteiger partial charge in [-0.25, -0.2) is 4.98 Å². The number of carbonyl (C=O) groups is 1. The molecule has 20 heavy (non-hydrogen) atoms. The number of aromatic nitrogens is 1. The van der Waals surface area contributed by atoms with Gasteiger partial charge in [-0.3, -0.25) is 4.79 Å². The molecule has 1 amide bonds. The number of carbonyl (C=O) groups excluding carboxylic acids is 1. The molecule has 4 nitrogen and oxygen atoms in total. The number of fused-ring (bicyclic) bond motifs is 1. The van der Waals surface area contributed by atoms with Gasteiger partial charge in [0.05, 0.1) is 0 Å². The van der Waals surface area contributed by atoms with Crippen molar-refractivity contribution < 1.29 is 4.79 Å². The number of hydrogen-bond acceptors (Lipinski definition) is 3. The smallest absolute Gasteiger partial charge is 0.242 e. The van der Waals surface area contributed by atoms with Gasteiger partial charge in [0.1, 0.15) is 11.9 Å². The van der Waals surface area contributed by atoms with Crippen molar-refractivity contribution in [2.45, 2.75) is 26.8 Å². The van der Waals surface area contributed by atoms with Crippen LogP contribution in [0.15, 0.2) is 36.5 Å². The lowest BCUT2D eigenvalue weighted by atomic mass is 10.1. The van der Waals surface area contributed by atoms with Crippen molar-refractivity contribution in [3.05, 3.63) is 36.5 Å². The third-order valence-corrected chi connectivity index (χ3v) is 3.10. The Morgan fingerprint density at radius 1 is 1.20 bits per heavy atom. The highest BCUT2D eigenvalue weighted by Crippen LogP contribution is 2.20. The first-order valence-corrected chi connectivity index (χ1v) is 6.96.